The first kappa shape index (κ1) is 10.1. The van der Waals surface area contributed by atoms with Gasteiger partial charge < -0.3 is 5.73 Å². The fraction of sp³-hybridized carbons (Fsp3) is 0.400. The van der Waals surface area contributed by atoms with Gasteiger partial charge in [0.2, 0.25) is 0 Å². The van der Waals surface area contributed by atoms with Crippen LogP contribution in [0.25, 0.3) is 0 Å². The Morgan fingerprint density at radius 2 is 2.15 bits per heavy atom. The summed E-state index contributed by atoms with van der Waals surface area (Å²) in [6.07, 6.45) is 1.04. The Labute approximate surface area is 84.3 Å². The van der Waals surface area contributed by atoms with E-state index in [4.69, 9.17) is 5.73 Å². The molecule has 0 atom stereocenters. The maximum absolute atomic E-state index is 5.67. The third-order valence-corrected chi connectivity index (χ3v) is 2.03. The van der Waals surface area contributed by atoms with Gasteiger partial charge in [-0.2, -0.15) is 4.36 Å². The molecule has 0 amide bonds. The van der Waals surface area contributed by atoms with E-state index in [0.717, 1.165) is 6.42 Å². The van der Waals surface area contributed by atoms with Gasteiger partial charge in [-0.25, -0.2) is 0 Å². The number of benzene rings is 1. The molecular weight excluding hydrogens is 180 g/mol. The highest BCUT2D eigenvalue weighted by atomic mass is 32.1. The van der Waals surface area contributed by atoms with E-state index in [9.17, 15) is 0 Å². The summed E-state index contributed by atoms with van der Waals surface area (Å²) < 4.78 is 3.70. The lowest BCUT2D eigenvalue weighted by molar-refractivity contribution is 0.647. The molecule has 0 fully saturated rings. The Balaban J connectivity index is 2.92. The lowest BCUT2D eigenvalue weighted by atomic mass is 10.0. The second-order valence-corrected chi connectivity index (χ2v) is 3.77. The predicted molar refractivity (Wildman–Crippen MR) is 58.8 cm³/mol. The molecule has 3 heteroatoms. The average Bonchev–Trinajstić information content (AvgIpc) is 2.07. The molecule has 0 radical (unpaired) electrons. The Morgan fingerprint density at radius 1 is 1.46 bits per heavy atom. The molecule has 0 bridgehead atoms. The third kappa shape index (κ3) is 2.77. The van der Waals surface area contributed by atoms with Crippen LogP contribution < -0.4 is 5.73 Å². The largest absolute Gasteiger partial charge is 0.397 e. The number of rotatable bonds is 3. The number of nitrogens with zero attached hydrogens (tertiary/aromatic N) is 1. The molecule has 1 aromatic carbocycles. The number of hydrogen-bond donors (Lipinski definition) is 1. The summed E-state index contributed by atoms with van der Waals surface area (Å²) in [5, 5.41) is 0. The van der Waals surface area contributed by atoms with Crippen LogP contribution in [0.3, 0.4) is 0 Å². The molecule has 2 nitrogen and oxygen atoms in total. The molecule has 0 saturated heterocycles. The van der Waals surface area contributed by atoms with Gasteiger partial charge in [0.1, 0.15) is 5.69 Å². The van der Waals surface area contributed by atoms with Gasteiger partial charge in [0.05, 0.1) is 5.69 Å². The van der Waals surface area contributed by atoms with Crippen LogP contribution in [0.15, 0.2) is 22.6 Å². The molecule has 1 aromatic rings. The van der Waals surface area contributed by atoms with E-state index in [1.807, 2.05) is 18.2 Å². The fourth-order valence-electron chi connectivity index (χ4n) is 1.27. The molecule has 0 aromatic heterocycles. The highest BCUT2D eigenvalue weighted by molar-refractivity contribution is 7.47. The van der Waals surface area contributed by atoms with Crippen molar-refractivity contribution in [3.63, 3.8) is 0 Å². The van der Waals surface area contributed by atoms with Gasteiger partial charge >= 0.3 is 0 Å². The van der Waals surface area contributed by atoms with Gasteiger partial charge in [0, 0.05) is 12.4 Å². The van der Waals surface area contributed by atoms with E-state index in [2.05, 4.69) is 30.6 Å². The van der Waals surface area contributed by atoms with Gasteiger partial charge in [0.25, 0.3) is 0 Å². The van der Waals surface area contributed by atoms with Crippen LogP contribution >= 0.6 is 0 Å². The summed E-state index contributed by atoms with van der Waals surface area (Å²) in [7, 11) is 0. The zero-order chi connectivity index (χ0) is 9.84. The molecule has 0 saturated carbocycles. The van der Waals surface area contributed by atoms with Crippen molar-refractivity contribution in [1.29, 1.82) is 0 Å². The molecule has 0 heterocycles. The van der Waals surface area contributed by atoms with E-state index in [1.54, 1.807) is 0 Å². The van der Waals surface area contributed by atoms with Crippen LogP contribution in [0, 0.1) is 5.92 Å². The lowest BCUT2D eigenvalue weighted by Crippen LogP contribution is -1.94. The molecule has 13 heavy (non-hydrogen) atoms. The molecule has 0 aliphatic heterocycles. The summed E-state index contributed by atoms with van der Waals surface area (Å²) in [5.74, 6) is 0.640. The van der Waals surface area contributed by atoms with Crippen molar-refractivity contribution in [3.8, 4) is 0 Å². The summed E-state index contributed by atoms with van der Waals surface area (Å²) >= 11 is 4.62. The topological polar surface area (TPSA) is 38.4 Å². The summed E-state index contributed by atoms with van der Waals surface area (Å²) in [4.78, 5) is 0. The molecule has 0 unspecified atom stereocenters. The minimum absolute atomic E-state index is 0.640. The van der Waals surface area contributed by atoms with Crippen molar-refractivity contribution in [2.45, 2.75) is 20.3 Å². The number of hydrogen-bond acceptors (Lipinski definition) is 3. The van der Waals surface area contributed by atoms with Gasteiger partial charge in [0.15, 0.2) is 0 Å². The van der Waals surface area contributed by atoms with E-state index in [0.29, 0.717) is 17.3 Å². The SMILES string of the molecule is CC(C)Cc1ccc(N)c(N=S)c1. The van der Waals surface area contributed by atoms with E-state index in [-0.39, 0.29) is 0 Å². The van der Waals surface area contributed by atoms with Crippen molar-refractivity contribution in [3.05, 3.63) is 23.8 Å². The monoisotopic (exact) mass is 194 g/mol. The Kier molecular flexibility index (Phi) is 3.37. The van der Waals surface area contributed by atoms with E-state index >= 15 is 0 Å². The quantitative estimate of drug-likeness (QED) is 0.751. The molecule has 1 rings (SSSR count). The average molecular weight is 194 g/mol. The summed E-state index contributed by atoms with van der Waals surface area (Å²) in [5.41, 5.74) is 8.28. The standard InChI is InChI=1S/C10H14N2S/c1-7(2)5-8-3-4-9(11)10(6-8)12-13/h3-4,6-7H,5,11H2,1-2H3. The minimum Gasteiger partial charge on any atom is -0.397 e. The second-order valence-electron chi connectivity index (χ2n) is 3.58. The molecule has 0 aliphatic carbocycles. The molecule has 70 valence electrons. The molecular formula is C10H14N2S. The van der Waals surface area contributed by atoms with Gasteiger partial charge in [-0.05, 0) is 30.0 Å². The van der Waals surface area contributed by atoms with Crippen molar-refractivity contribution in [2.75, 3.05) is 5.73 Å². The number of anilines is 1. The lowest BCUT2D eigenvalue weighted by Gasteiger charge is -2.06. The van der Waals surface area contributed by atoms with Crippen molar-refractivity contribution < 1.29 is 0 Å². The van der Waals surface area contributed by atoms with Crippen LogP contribution in [-0.2, 0) is 18.8 Å². The second kappa shape index (κ2) is 4.33. The van der Waals surface area contributed by atoms with Crippen LogP contribution in [0.2, 0.25) is 0 Å². The minimum atomic E-state index is 0.640. The van der Waals surface area contributed by atoms with Crippen molar-refractivity contribution >= 4 is 23.8 Å². The van der Waals surface area contributed by atoms with Crippen LogP contribution in [0.4, 0.5) is 11.4 Å². The molecule has 0 spiro atoms. The van der Waals surface area contributed by atoms with E-state index in [1.165, 1.54) is 5.56 Å². The molecule has 2 N–H and O–H groups in total. The van der Waals surface area contributed by atoms with Gasteiger partial charge in [-0.1, -0.05) is 19.9 Å². The van der Waals surface area contributed by atoms with Crippen molar-refractivity contribution in [2.24, 2.45) is 10.3 Å². The van der Waals surface area contributed by atoms with Gasteiger partial charge in [-0.15, -0.1) is 0 Å². The number of nitrogens with two attached hydrogens (primary N) is 1. The first-order valence-corrected chi connectivity index (χ1v) is 4.71. The van der Waals surface area contributed by atoms with Crippen LogP contribution in [0.5, 0.6) is 0 Å². The first-order valence-electron chi connectivity index (χ1n) is 4.35. The Morgan fingerprint density at radius 3 is 2.69 bits per heavy atom. The summed E-state index contributed by atoms with van der Waals surface area (Å²) in [6, 6.07) is 5.85. The zero-order valence-electron chi connectivity index (χ0n) is 7.95. The third-order valence-electron chi connectivity index (χ3n) is 1.84. The highest BCUT2D eigenvalue weighted by Gasteiger charge is 2.01. The van der Waals surface area contributed by atoms with E-state index < -0.39 is 0 Å². The van der Waals surface area contributed by atoms with Crippen molar-refractivity contribution in [1.82, 2.24) is 0 Å². The molecule has 0 aliphatic rings. The highest BCUT2D eigenvalue weighted by Crippen LogP contribution is 2.23. The van der Waals surface area contributed by atoms with Crippen LogP contribution in [-0.4, -0.2) is 0 Å². The smallest absolute Gasteiger partial charge is 0.100 e. The maximum atomic E-state index is 5.67. The first-order chi connectivity index (χ1) is 6.13. The maximum Gasteiger partial charge on any atom is 0.100 e. The van der Waals surface area contributed by atoms with Gasteiger partial charge in [-0.3, -0.25) is 0 Å². The fourth-order valence-corrected chi connectivity index (χ4v) is 1.42. The number of nitrogen functional groups attached to an aromatic ring is 1. The zero-order valence-corrected chi connectivity index (χ0v) is 8.77. The predicted octanol–water partition coefficient (Wildman–Crippen LogP) is 2.83. The normalized spacial score (nSPS) is 10.4. The van der Waals surface area contributed by atoms with Crippen LogP contribution in [0.1, 0.15) is 19.4 Å². The Bertz CT molecular complexity index is 308. The summed E-state index contributed by atoms with van der Waals surface area (Å²) in [6.45, 7) is 4.36. The Hall–Kier alpha value is -0.960.